The highest BCUT2D eigenvalue weighted by molar-refractivity contribution is 4.87. The predicted octanol–water partition coefficient (Wildman–Crippen LogP) is 3.70. The largest absolute Gasteiger partial charge is 0.394 e. The smallest absolute Gasteiger partial charge is 0.0788 e. The minimum absolute atomic E-state index is 0.0234. The van der Waals surface area contributed by atoms with E-state index in [4.69, 9.17) is 19.3 Å². The first kappa shape index (κ1) is 19.9. The van der Waals surface area contributed by atoms with E-state index in [-0.39, 0.29) is 30.5 Å². The molecule has 0 saturated heterocycles. The average molecular weight is 316 g/mol. The van der Waals surface area contributed by atoms with Crippen LogP contribution in [0, 0.1) is 0 Å². The van der Waals surface area contributed by atoms with Gasteiger partial charge >= 0.3 is 0 Å². The Morgan fingerprint density at radius 1 is 0.955 bits per heavy atom. The van der Waals surface area contributed by atoms with Gasteiger partial charge in [-0.3, -0.25) is 0 Å². The zero-order valence-electron chi connectivity index (χ0n) is 15.0. The van der Waals surface area contributed by atoms with E-state index in [2.05, 4.69) is 13.8 Å². The van der Waals surface area contributed by atoms with Crippen LogP contribution in [0.15, 0.2) is 0 Å². The predicted molar refractivity (Wildman–Crippen MR) is 89.2 cm³/mol. The molecule has 4 nitrogen and oxygen atoms in total. The van der Waals surface area contributed by atoms with Gasteiger partial charge in [0.1, 0.15) is 0 Å². The summed E-state index contributed by atoms with van der Waals surface area (Å²) in [5.74, 6) is 0. The fourth-order valence-corrected chi connectivity index (χ4v) is 3.11. The van der Waals surface area contributed by atoms with E-state index in [1.54, 1.807) is 0 Å². The van der Waals surface area contributed by atoms with Crippen molar-refractivity contribution in [2.45, 2.75) is 96.6 Å². The van der Waals surface area contributed by atoms with Gasteiger partial charge in [-0.15, -0.1) is 0 Å². The lowest BCUT2D eigenvalue weighted by molar-refractivity contribution is -0.129. The summed E-state index contributed by atoms with van der Waals surface area (Å²) in [6.07, 6.45) is 8.65. The van der Waals surface area contributed by atoms with Gasteiger partial charge in [-0.05, 0) is 40.0 Å². The third-order valence-corrected chi connectivity index (χ3v) is 4.44. The number of hydrogen-bond acceptors (Lipinski definition) is 4. The van der Waals surface area contributed by atoms with Gasteiger partial charge in [0, 0.05) is 0 Å². The maximum absolute atomic E-state index is 8.94. The number of aliphatic hydroxyl groups is 1. The molecule has 3 atom stereocenters. The molecule has 0 radical (unpaired) electrons. The number of aliphatic hydroxyl groups excluding tert-OH is 1. The molecule has 0 heterocycles. The van der Waals surface area contributed by atoms with Gasteiger partial charge < -0.3 is 19.3 Å². The SMILES string of the molecule is CCCCC1(OC(C)COC(C)COC(C)CO)CCCC1. The molecular weight excluding hydrogens is 280 g/mol. The Hall–Kier alpha value is -0.160. The van der Waals surface area contributed by atoms with Crippen molar-refractivity contribution in [3.63, 3.8) is 0 Å². The highest BCUT2D eigenvalue weighted by Crippen LogP contribution is 2.38. The third kappa shape index (κ3) is 7.40. The summed E-state index contributed by atoms with van der Waals surface area (Å²) >= 11 is 0. The van der Waals surface area contributed by atoms with Crippen molar-refractivity contribution in [2.24, 2.45) is 0 Å². The molecule has 1 N–H and O–H groups in total. The van der Waals surface area contributed by atoms with Crippen LogP contribution in [-0.4, -0.2) is 48.8 Å². The second-order valence-corrected chi connectivity index (χ2v) is 6.89. The first-order chi connectivity index (χ1) is 10.5. The van der Waals surface area contributed by atoms with Crippen LogP contribution in [0.5, 0.6) is 0 Å². The highest BCUT2D eigenvalue weighted by atomic mass is 16.6. The van der Waals surface area contributed by atoms with Crippen LogP contribution in [0.25, 0.3) is 0 Å². The van der Waals surface area contributed by atoms with Crippen LogP contribution in [0.2, 0.25) is 0 Å². The van der Waals surface area contributed by atoms with Crippen molar-refractivity contribution in [1.82, 2.24) is 0 Å². The van der Waals surface area contributed by atoms with Crippen LogP contribution >= 0.6 is 0 Å². The summed E-state index contributed by atoms with van der Waals surface area (Å²) in [7, 11) is 0. The van der Waals surface area contributed by atoms with Gasteiger partial charge in [0.25, 0.3) is 0 Å². The minimum atomic E-state index is -0.129. The Bertz CT molecular complexity index is 276. The lowest BCUT2D eigenvalue weighted by Crippen LogP contribution is -2.36. The van der Waals surface area contributed by atoms with E-state index in [9.17, 15) is 0 Å². The molecule has 1 aliphatic carbocycles. The number of hydrogen-bond donors (Lipinski definition) is 1. The summed E-state index contributed by atoms with van der Waals surface area (Å²) < 4.78 is 17.7. The van der Waals surface area contributed by atoms with Crippen LogP contribution in [0.1, 0.15) is 72.6 Å². The maximum atomic E-state index is 8.94. The van der Waals surface area contributed by atoms with Gasteiger partial charge in [0.05, 0.1) is 43.7 Å². The summed E-state index contributed by atoms with van der Waals surface area (Å²) in [5.41, 5.74) is 0.101. The van der Waals surface area contributed by atoms with Crippen molar-refractivity contribution in [3.05, 3.63) is 0 Å². The number of unbranched alkanes of at least 4 members (excludes halogenated alkanes) is 1. The van der Waals surface area contributed by atoms with Gasteiger partial charge in [-0.2, -0.15) is 0 Å². The van der Waals surface area contributed by atoms with E-state index in [1.165, 1.54) is 44.9 Å². The van der Waals surface area contributed by atoms with Crippen LogP contribution in [-0.2, 0) is 14.2 Å². The Kier molecular flexibility index (Phi) is 9.57. The number of rotatable bonds is 12. The zero-order chi connectivity index (χ0) is 16.4. The summed E-state index contributed by atoms with van der Waals surface area (Å²) in [6.45, 7) is 9.36. The molecular formula is C18H36O4. The van der Waals surface area contributed by atoms with Gasteiger partial charge in [0.2, 0.25) is 0 Å². The van der Waals surface area contributed by atoms with Crippen LogP contribution < -0.4 is 0 Å². The van der Waals surface area contributed by atoms with Crippen molar-refractivity contribution in [1.29, 1.82) is 0 Å². The van der Waals surface area contributed by atoms with Crippen LogP contribution in [0.4, 0.5) is 0 Å². The fraction of sp³-hybridized carbons (Fsp3) is 1.00. The van der Waals surface area contributed by atoms with E-state index in [0.717, 1.165) is 0 Å². The standard InChI is InChI=1S/C18H36O4/c1-5-6-9-18(10-7-8-11-18)22-17(4)14-21-16(3)13-20-15(2)12-19/h15-17,19H,5-14H2,1-4H3. The van der Waals surface area contributed by atoms with Crippen molar-refractivity contribution in [2.75, 3.05) is 19.8 Å². The molecule has 0 spiro atoms. The fourth-order valence-electron chi connectivity index (χ4n) is 3.11. The quantitative estimate of drug-likeness (QED) is 0.596. The minimum Gasteiger partial charge on any atom is -0.394 e. The summed E-state index contributed by atoms with van der Waals surface area (Å²) in [4.78, 5) is 0. The lowest BCUT2D eigenvalue weighted by atomic mass is 9.94. The monoisotopic (exact) mass is 316 g/mol. The lowest BCUT2D eigenvalue weighted by Gasteiger charge is -2.33. The molecule has 4 heteroatoms. The number of ether oxygens (including phenoxy) is 3. The molecule has 1 saturated carbocycles. The van der Waals surface area contributed by atoms with E-state index < -0.39 is 0 Å². The molecule has 0 aromatic rings. The van der Waals surface area contributed by atoms with Gasteiger partial charge in [-0.25, -0.2) is 0 Å². The van der Waals surface area contributed by atoms with E-state index in [0.29, 0.717) is 13.2 Å². The molecule has 132 valence electrons. The summed E-state index contributed by atoms with van der Waals surface area (Å²) in [6, 6.07) is 0. The second kappa shape index (κ2) is 10.6. The highest BCUT2D eigenvalue weighted by Gasteiger charge is 2.35. The van der Waals surface area contributed by atoms with Crippen molar-refractivity contribution >= 4 is 0 Å². The van der Waals surface area contributed by atoms with Crippen molar-refractivity contribution in [3.8, 4) is 0 Å². The molecule has 22 heavy (non-hydrogen) atoms. The Labute approximate surface area is 136 Å². The first-order valence-electron chi connectivity index (χ1n) is 9.03. The molecule has 1 fully saturated rings. The second-order valence-electron chi connectivity index (χ2n) is 6.89. The first-order valence-corrected chi connectivity index (χ1v) is 9.03. The molecule has 0 aliphatic heterocycles. The molecule has 0 aromatic heterocycles. The Morgan fingerprint density at radius 2 is 1.55 bits per heavy atom. The van der Waals surface area contributed by atoms with Crippen molar-refractivity contribution < 1.29 is 19.3 Å². The maximum Gasteiger partial charge on any atom is 0.0788 e. The Morgan fingerprint density at radius 3 is 2.14 bits per heavy atom. The molecule has 0 aromatic carbocycles. The van der Waals surface area contributed by atoms with Crippen LogP contribution in [0.3, 0.4) is 0 Å². The molecule has 1 rings (SSSR count). The Balaban J connectivity index is 2.27. The third-order valence-electron chi connectivity index (χ3n) is 4.44. The summed E-state index contributed by atoms with van der Waals surface area (Å²) in [5, 5.41) is 8.94. The topological polar surface area (TPSA) is 47.9 Å². The van der Waals surface area contributed by atoms with E-state index >= 15 is 0 Å². The molecule has 0 amide bonds. The molecule has 3 unspecified atom stereocenters. The molecule has 0 bridgehead atoms. The normalized spacial score (nSPS) is 21.7. The van der Waals surface area contributed by atoms with E-state index in [1.807, 2.05) is 13.8 Å². The molecule has 1 aliphatic rings. The van der Waals surface area contributed by atoms with Gasteiger partial charge in [0.15, 0.2) is 0 Å². The average Bonchev–Trinajstić information content (AvgIpc) is 2.97. The van der Waals surface area contributed by atoms with Gasteiger partial charge in [-0.1, -0.05) is 32.6 Å². The zero-order valence-corrected chi connectivity index (χ0v) is 15.0.